The molecule has 0 spiro atoms. The number of likely N-dealkylation sites (tertiary alicyclic amines) is 1. The fraction of sp³-hybridized carbons (Fsp3) is 0.786. The first-order chi connectivity index (χ1) is 8.58. The second-order valence-electron chi connectivity index (χ2n) is 6.04. The molecule has 0 aliphatic carbocycles. The quantitative estimate of drug-likeness (QED) is 0.879. The van der Waals surface area contributed by atoms with Gasteiger partial charge in [0.2, 0.25) is 0 Å². The Morgan fingerprint density at radius 1 is 1.39 bits per heavy atom. The summed E-state index contributed by atoms with van der Waals surface area (Å²) in [4.78, 5) is 2.57. The van der Waals surface area contributed by atoms with Crippen LogP contribution in [0.25, 0.3) is 0 Å². The van der Waals surface area contributed by atoms with Crippen LogP contribution < -0.4 is 5.73 Å². The molecule has 1 aromatic heterocycles. The molecular formula is C14H26N4. The fourth-order valence-electron chi connectivity index (χ4n) is 3.22. The molecule has 0 radical (unpaired) electrons. The summed E-state index contributed by atoms with van der Waals surface area (Å²) in [5, 5.41) is 4.25. The Morgan fingerprint density at radius 2 is 2.06 bits per heavy atom. The van der Waals surface area contributed by atoms with Crippen molar-refractivity contribution >= 4 is 0 Å². The van der Waals surface area contributed by atoms with E-state index in [4.69, 9.17) is 5.73 Å². The molecular weight excluding hydrogens is 224 g/mol. The van der Waals surface area contributed by atoms with Crippen molar-refractivity contribution in [2.24, 2.45) is 24.6 Å². The Labute approximate surface area is 110 Å². The number of nitrogens with zero attached hydrogens (tertiary/aromatic N) is 3. The molecule has 0 amide bonds. The Hall–Kier alpha value is -0.870. The number of hydrogen-bond acceptors (Lipinski definition) is 3. The van der Waals surface area contributed by atoms with E-state index < -0.39 is 0 Å². The van der Waals surface area contributed by atoms with Gasteiger partial charge in [-0.3, -0.25) is 4.68 Å². The minimum atomic E-state index is 0.413. The van der Waals surface area contributed by atoms with Crippen molar-refractivity contribution in [3.8, 4) is 0 Å². The van der Waals surface area contributed by atoms with Crippen molar-refractivity contribution in [3.63, 3.8) is 0 Å². The molecule has 0 bridgehead atoms. The van der Waals surface area contributed by atoms with E-state index in [1.54, 1.807) is 0 Å². The lowest BCUT2D eigenvalue weighted by atomic mass is 9.90. The third-order valence-corrected chi connectivity index (χ3v) is 3.90. The molecule has 3 unspecified atom stereocenters. The Morgan fingerprint density at radius 3 is 2.56 bits per heavy atom. The summed E-state index contributed by atoms with van der Waals surface area (Å²) < 4.78 is 1.86. The predicted molar refractivity (Wildman–Crippen MR) is 74.4 cm³/mol. The molecule has 0 aromatic carbocycles. The maximum Gasteiger partial charge on any atom is 0.0525 e. The topological polar surface area (TPSA) is 47.1 Å². The first-order valence-corrected chi connectivity index (χ1v) is 6.99. The molecule has 1 fully saturated rings. The van der Waals surface area contributed by atoms with Gasteiger partial charge in [-0.1, -0.05) is 13.8 Å². The molecule has 1 aromatic rings. The van der Waals surface area contributed by atoms with Gasteiger partial charge < -0.3 is 10.6 Å². The summed E-state index contributed by atoms with van der Waals surface area (Å²) in [7, 11) is 1.96. The zero-order valence-corrected chi connectivity index (χ0v) is 11.8. The summed E-state index contributed by atoms with van der Waals surface area (Å²) in [6.07, 6.45) is 5.40. The van der Waals surface area contributed by atoms with E-state index in [0.717, 1.165) is 18.4 Å². The first kappa shape index (κ1) is 13.6. The van der Waals surface area contributed by atoms with Crippen LogP contribution in [-0.4, -0.2) is 40.9 Å². The van der Waals surface area contributed by atoms with E-state index in [1.807, 2.05) is 17.9 Å². The lowest BCUT2D eigenvalue weighted by molar-refractivity contribution is 0.134. The van der Waals surface area contributed by atoms with Crippen molar-refractivity contribution in [2.75, 3.05) is 26.2 Å². The van der Waals surface area contributed by atoms with Crippen LogP contribution in [0.15, 0.2) is 12.4 Å². The van der Waals surface area contributed by atoms with E-state index in [1.165, 1.54) is 25.1 Å². The molecule has 2 heterocycles. The maximum absolute atomic E-state index is 5.94. The number of nitrogens with two attached hydrogens (primary N) is 1. The summed E-state index contributed by atoms with van der Waals surface area (Å²) >= 11 is 0. The number of aryl methyl sites for hydroxylation is 1. The molecule has 0 saturated carbocycles. The van der Waals surface area contributed by atoms with Crippen LogP contribution in [0.2, 0.25) is 0 Å². The second kappa shape index (κ2) is 5.85. The van der Waals surface area contributed by atoms with Gasteiger partial charge in [0.15, 0.2) is 0 Å². The van der Waals surface area contributed by atoms with Crippen LogP contribution in [0.1, 0.15) is 31.7 Å². The third-order valence-electron chi connectivity index (χ3n) is 3.90. The largest absolute Gasteiger partial charge is 0.330 e. The van der Waals surface area contributed by atoms with Gasteiger partial charge in [-0.25, -0.2) is 0 Å². The highest BCUT2D eigenvalue weighted by molar-refractivity contribution is 5.12. The number of aromatic nitrogens is 2. The van der Waals surface area contributed by atoms with Gasteiger partial charge in [-0.15, -0.1) is 0 Å². The second-order valence-corrected chi connectivity index (χ2v) is 6.04. The fourth-order valence-corrected chi connectivity index (χ4v) is 3.22. The Bertz CT molecular complexity index is 364. The van der Waals surface area contributed by atoms with Crippen molar-refractivity contribution in [2.45, 2.75) is 26.2 Å². The minimum absolute atomic E-state index is 0.413. The van der Waals surface area contributed by atoms with Gasteiger partial charge in [0.05, 0.1) is 6.20 Å². The SMILES string of the molecule is CC1CC(C)CN(CC(CN)c2cnn(C)c2)C1. The highest BCUT2D eigenvalue weighted by atomic mass is 15.2. The van der Waals surface area contributed by atoms with Crippen LogP contribution in [0.3, 0.4) is 0 Å². The molecule has 2 N–H and O–H groups in total. The molecule has 4 nitrogen and oxygen atoms in total. The average Bonchev–Trinajstić information content (AvgIpc) is 2.71. The minimum Gasteiger partial charge on any atom is -0.330 e. The van der Waals surface area contributed by atoms with E-state index in [-0.39, 0.29) is 0 Å². The molecule has 4 heteroatoms. The lowest BCUT2D eigenvalue weighted by Gasteiger charge is -2.36. The van der Waals surface area contributed by atoms with Crippen LogP contribution >= 0.6 is 0 Å². The first-order valence-electron chi connectivity index (χ1n) is 6.99. The van der Waals surface area contributed by atoms with Gasteiger partial charge >= 0.3 is 0 Å². The van der Waals surface area contributed by atoms with Gasteiger partial charge in [0.25, 0.3) is 0 Å². The van der Waals surface area contributed by atoms with E-state index in [0.29, 0.717) is 12.5 Å². The maximum atomic E-state index is 5.94. The van der Waals surface area contributed by atoms with Gasteiger partial charge in [0.1, 0.15) is 0 Å². The van der Waals surface area contributed by atoms with Crippen LogP contribution in [0.4, 0.5) is 0 Å². The van der Waals surface area contributed by atoms with Crippen molar-refractivity contribution in [1.29, 1.82) is 0 Å². The summed E-state index contributed by atoms with van der Waals surface area (Å²) in [5.41, 5.74) is 7.21. The molecule has 2 rings (SSSR count). The normalized spacial score (nSPS) is 27.3. The van der Waals surface area contributed by atoms with E-state index in [2.05, 4.69) is 30.0 Å². The summed E-state index contributed by atoms with van der Waals surface area (Å²) in [5.74, 6) is 2.03. The molecule has 1 aliphatic rings. The van der Waals surface area contributed by atoms with Gasteiger partial charge in [0, 0.05) is 45.3 Å². The lowest BCUT2D eigenvalue weighted by Crippen LogP contribution is -2.41. The van der Waals surface area contributed by atoms with Gasteiger partial charge in [-0.05, 0) is 23.8 Å². The molecule has 1 saturated heterocycles. The van der Waals surface area contributed by atoms with E-state index in [9.17, 15) is 0 Å². The molecule has 102 valence electrons. The van der Waals surface area contributed by atoms with Crippen molar-refractivity contribution in [3.05, 3.63) is 18.0 Å². The average molecular weight is 250 g/mol. The smallest absolute Gasteiger partial charge is 0.0525 e. The van der Waals surface area contributed by atoms with Crippen LogP contribution in [0.5, 0.6) is 0 Å². The monoisotopic (exact) mass is 250 g/mol. The van der Waals surface area contributed by atoms with Crippen molar-refractivity contribution < 1.29 is 0 Å². The summed E-state index contributed by atoms with van der Waals surface area (Å²) in [6, 6.07) is 0. The Kier molecular flexibility index (Phi) is 4.40. The highest BCUT2D eigenvalue weighted by Crippen LogP contribution is 2.24. The van der Waals surface area contributed by atoms with Crippen molar-refractivity contribution in [1.82, 2.24) is 14.7 Å². The Balaban J connectivity index is 1.97. The number of rotatable bonds is 4. The zero-order valence-electron chi connectivity index (χ0n) is 11.8. The van der Waals surface area contributed by atoms with Crippen LogP contribution in [-0.2, 0) is 7.05 Å². The third kappa shape index (κ3) is 3.33. The number of piperidine rings is 1. The molecule has 3 atom stereocenters. The molecule has 18 heavy (non-hydrogen) atoms. The zero-order chi connectivity index (χ0) is 13.1. The summed E-state index contributed by atoms with van der Waals surface area (Å²) in [6.45, 7) is 8.89. The standard InChI is InChI=1S/C14H26N4/c1-11-4-12(2)8-18(7-11)10-13(5-15)14-6-16-17(3)9-14/h6,9,11-13H,4-5,7-8,10,15H2,1-3H3. The predicted octanol–water partition coefficient (Wildman–Crippen LogP) is 1.44. The van der Waals surface area contributed by atoms with E-state index >= 15 is 0 Å². The number of hydrogen-bond donors (Lipinski definition) is 1. The molecule has 1 aliphatic heterocycles. The van der Waals surface area contributed by atoms with Gasteiger partial charge in [-0.2, -0.15) is 5.10 Å². The van der Waals surface area contributed by atoms with Crippen LogP contribution in [0, 0.1) is 11.8 Å². The highest BCUT2D eigenvalue weighted by Gasteiger charge is 2.24.